The van der Waals surface area contributed by atoms with Crippen LogP contribution in [0.4, 0.5) is 5.69 Å². The summed E-state index contributed by atoms with van der Waals surface area (Å²) < 4.78 is 5.20. The van der Waals surface area contributed by atoms with Gasteiger partial charge in [0.25, 0.3) is 5.91 Å². The molecule has 0 radical (unpaired) electrons. The number of hydrogen-bond acceptors (Lipinski definition) is 4. The van der Waals surface area contributed by atoms with Gasteiger partial charge in [0.2, 0.25) is 0 Å². The molecule has 0 atom stereocenters. The fraction of sp³-hybridized carbons (Fsp3) is 0.200. The Morgan fingerprint density at radius 2 is 2.08 bits per heavy atom. The number of nitrogens with zero attached hydrogens (tertiary/aromatic N) is 2. The smallest absolute Gasteiger partial charge is 0.252 e. The van der Waals surface area contributed by atoms with Crippen LogP contribution in [0, 0.1) is 6.92 Å². The van der Waals surface area contributed by atoms with Crippen molar-refractivity contribution < 1.29 is 9.53 Å². The normalized spacial score (nSPS) is 15.9. The van der Waals surface area contributed by atoms with Crippen LogP contribution in [0.3, 0.4) is 0 Å². The van der Waals surface area contributed by atoms with E-state index in [4.69, 9.17) is 4.74 Å². The van der Waals surface area contributed by atoms with Crippen LogP contribution in [-0.4, -0.2) is 35.4 Å². The van der Waals surface area contributed by atoms with Crippen molar-refractivity contribution in [3.8, 4) is 5.75 Å². The Balaban J connectivity index is 1.76. The molecule has 0 bridgehead atoms. The highest BCUT2D eigenvalue weighted by Crippen LogP contribution is 2.25. The van der Waals surface area contributed by atoms with Crippen LogP contribution in [0.15, 0.2) is 59.6 Å². The van der Waals surface area contributed by atoms with Crippen molar-refractivity contribution in [2.75, 3.05) is 19.4 Å². The van der Waals surface area contributed by atoms with Gasteiger partial charge < -0.3 is 4.74 Å². The highest BCUT2D eigenvalue weighted by molar-refractivity contribution is 8.14. The van der Waals surface area contributed by atoms with Crippen LogP contribution >= 0.6 is 11.8 Å². The molecule has 0 N–H and O–H groups in total. The Morgan fingerprint density at radius 3 is 2.88 bits per heavy atom. The molecule has 1 heterocycles. The van der Waals surface area contributed by atoms with Crippen LogP contribution in [0.1, 0.15) is 11.1 Å². The zero-order valence-corrected chi connectivity index (χ0v) is 15.1. The van der Waals surface area contributed by atoms with Crippen molar-refractivity contribution in [2.24, 2.45) is 4.99 Å². The molecule has 1 saturated heterocycles. The zero-order valence-electron chi connectivity index (χ0n) is 14.3. The summed E-state index contributed by atoms with van der Waals surface area (Å²) in [6.45, 7) is 2.70. The highest BCUT2D eigenvalue weighted by atomic mass is 32.2. The Kier molecular flexibility index (Phi) is 5.56. The van der Waals surface area contributed by atoms with Gasteiger partial charge in [0.1, 0.15) is 5.75 Å². The second-order valence-electron chi connectivity index (χ2n) is 5.63. The average Bonchev–Trinajstić information content (AvgIpc) is 3.10. The third-order valence-corrected chi connectivity index (χ3v) is 4.84. The molecular formula is C20H20N2O2S. The number of aryl methyl sites for hydroxylation is 1. The number of aliphatic imine (C=N–C) groups is 1. The first kappa shape index (κ1) is 17.3. The summed E-state index contributed by atoms with van der Waals surface area (Å²) in [5.41, 5.74) is 2.93. The number of carbonyl (C=O) groups excluding carboxylic acids is 1. The number of hydrogen-bond donors (Lipinski definition) is 0. The van der Waals surface area contributed by atoms with Crippen molar-refractivity contribution in [1.29, 1.82) is 0 Å². The van der Waals surface area contributed by atoms with E-state index < -0.39 is 0 Å². The van der Waals surface area contributed by atoms with Crippen molar-refractivity contribution in [3.05, 3.63) is 65.7 Å². The second-order valence-corrected chi connectivity index (χ2v) is 6.69. The lowest BCUT2D eigenvalue weighted by atomic mass is 10.2. The minimum atomic E-state index is -0.0554. The molecule has 0 aromatic heterocycles. The predicted octanol–water partition coefficient (Wildman–Crippen LogP) is 4.28. The molecule has 1 aliphatic heterocycles. The number of ether oxygens (including phenoxy) is 1. The predicted molar refractivity (Wildman–Crippen MR) is 104 cm³/mol. The van der Waals surface area contributed by atoms with E-state index in [9.17, 15) is 4.79 Å². The summed E-state index contributed by atoms with van der Waals surface area (Å²) in [4.78, 5) is 19.0. The molecule has 5 heteroatoms. The van der Waals surface area contributed by atoms with E-state index in [0.717, 1.165) is 33.5 Å². The third-order valence-electron chi connectivity index (χ3n) is 3.89. The number of para-hydroxylation sites is 1. The van der Waals surface area contributed by atoms with Gasteiger partial charge in [0.05, 0.1) is 12.8 Å². The summed E-state index contributed by atoms with van der Waals surface area (Å²) in [5.74, 6) is 1.58. The monoisotopic (exact) mass is 352 g/mol. The van der Waals surface area contributed by atoms with Gasteiger partial charge in [0, 0.05) is 18.4 Å². The first-order valence-corrected chi connectivity index (χ1v) is 9.06. The molecule has 128 valence electrons. The number of amidine groups is 1. The largest absolute Gasteiger partial charge is 0.497 e. The van der Waals surface area contributed by atoms with Crippen LogP contribution in [0.5, 0.6) is 5.75 Å². The minimum Gasteiger partial charge on any atom is -0.497 e. The average molecular weight is 352 g/mol. The van der Waals surface area contributed by atoms with Crippen LogP contribution in [0.2, 0.25) is 0 Å². The lowest BCUT2D eigenvalue weighted by Gasteiger charge is -2.14. The fourth-order valence-electron chi connectivity index (χ4n) is 2.49. The van der Waals surface area contributed by atoms with Gasteiger partial charge >= 0.3 is 0 Å². The molecule has 25 heavy (non-hydrogen) atoms. The molecule has 0 spiro atoms. The highest BCUT2D eigenvalue weighted by Gasteiger charge is 2.24. The van der Waals surface area contributed by atoms with Crippen molar-refractivity contribution in [3.63, 3.8) is 0 Å². The van der Waals surface area contributed by atoms with Crippen molar-refractivity contribution in [1.82, 2.24) is 4.90 Å². The summed E-state index contributed by atoms with van der Waals surface area (Å²) in [6, 6.07) is 15.5. The lowest BCUT2D eigenvalue weighted by Crippen LogP contribution is -2.30. The third kappa shape index (κ3) is 4.31. The standard InChI is InChI=1S/C20H20N2O2S/c1-15-6-3-4-9-18(15)21-20-22(12-13-25-20)19(23)11-10-16-7-5-8-17(14-16)24-2/h3-11,14H,12-13H2,1-2H3/b11-10+,21-20?. The van der Waals surface area contributed by atoms with E-state index in [1.54, 1.807) is 35.9 Å². The molecular weight excluding hydrogens is 332 g/mol. The number of amides is 1. The van der Waals surface area contributed by atoms with Gasteiger partial charge in [-0.3, -0.25) is 9.69 Å². The van der Waals surface area contributed by atoms with Crippen LogP contribution < -0.4 is 4.74 Å². The number of thioether (sulfide) groups is 1. The van der Waals surface area contributed by atoms with Crippen molar-refractivity contribution >= 4 is 34.6 Å². The summed E-state index contributed by atoms with van der Waals surface area (Å²) in [5, 5.41) is 0.759. The second kappa shape index (κ2) is 8.03. The number of rotatable bonds is 4. The van der Waals surface area contributed by atoms with Gasteiger partial charge in [-0.1, -0.05) is 42.1 Å². The number of carbonyl (C=O) groups is 1. The first-order valence-electron chi connectivity index (χ1n) is 8.08. The fourth-order valence-corrected chi connectivity index (χ4v) is 3.45. The van der Waals surface area contributed by atoms with E-state index in [1.807, 2.05) is 55.5 Å². The zero-order chi connectivity index (χ0) is 17.6. The Hall–Kier alpha value is -2.53. The molecule has 0 aliphatic carbocycles. The molecule has 1 fully saturated rings. The van der Waals surface area contributed by atoms with E-state index >= 15 is 0 Å². The molecule has 1 amide bonds. The molecule has 2 aromatic carbocycles. The first-order chi connectivity index (χ1) is 12.2. The molecule has 4 nitrogen and oxygen atoms in total. The van der Waals surface area contributed by atoms with E-state index in [0.29, 0.717) is 6.54 Å². The van der Waals surface area contributed by atoms with Crippen LogP contribution in [0.25, 0.3) is 6.08 Å². The van der Waals surface area contributed by atoms with Gasteiger partial charge in [-0.2, -0.15) is 0 Å². The SMILES string of the molecule is COc1cccc(/C=C/C(=O)N2CCSC2=Nc2ccccc2C)c1. The summed E-state index contributed by atoms with van der Waals surface area (Å²) in [7, 11) is 1.63. The van der Waals surface area contributed by atoms with Crippen molar-refractivity contribution in [2.45, 2.75) is 6.92 Å². The molecule has 0 unspecified atom stereocenters. The maximum Gasteiger partial charge on any atom is 0.252 e. The quantitative estimate of drug-likeness (QED) is 0.771. The lowest BCUT2D eigenvalue weighted by molar-refractivity contribution is -0.121. The van der Waals surface area contributed by atoms with E-state index in [2.05, 4.69) is 4.99 Å². The Labute approximate surface area is 152 Å². The molecule has 1 aliphatic rings. The van der Waals surface area contributed by atoms with E-state index in [1.165, 1.54) is 0 Å². The summed E-state index contributed by atoms with van der Waals surface area (Å²) in [6.07, 6.45) is 3.40. The minimum absolute atomic E-state index is 0.0554. The van der Waals surface area contributed by atoms with Gasteiger partial charge in [-0.05, 0) is 42.3 Å². The van der Waals surface area contributed by atoms with E-state index in [-0.39, 0.29) is 5.91 Å². The molecule has 0 saturated carbocycles. The van der Waals surface area contributed by atoms with Gasteiger partial charge in [0.15, 0.2) is 5.17 Å². The van der Waals surface area contributed by atoms with Crippen LogP contribution in [-0.2, 0) is 4.79 Å². The number of methoxy groups -OCH3 is 1. The maximum atomic E-state index is 12.6. The molecule has 2 aromatic rings. The van der Waals surface area contributed by atoms with Gasteiger partial charge in [-0.25, -0.2) is 4.99 Å². The number of benzene rings is 2. The summed E-state index contributed by atoms with van der Waals surface area (Å²) >= 11 is 1.61. The maximum absolute atomic E-state index is 12.6. The Morgan fingerprint density at radius 1 is 1.24 bits per heavy atom. The topological polar surface area (TPSA) is 41.9 Å². The Bertz CT molecular complexity index is 830. The van der Waals surface area contributed by atoms with Gasteiger partial charge in [-0.15, -0.1) is 0 Å². The molecule has 3 rings (SSSR count).